The number of hydrogen-bond acceptors (Lipinski definition) is 5. The molecule has 0 unspecified atom stereocenters. The Kier molecular flexibility index (Phi) is 4.92. The second kappa shape index (κ2) is 6.68. The van der Waals surface area contributed by atoms with Crippen molar-refractivity contribution in [2.45, 2.75) is 103 Å². The Morgan fingerprint density at radius 3 is 2.43 bits per heavy atom. The predicted molar refractivity (Wildman–Crippen MR) is 105 cm³/mol. The summed E-state index contributed by atoms with van der Waals surface area (Å²) in [6.07, 6.45) is 6.02. The maximum Gasteiger partial charge on any atom is 0.302 e. The Labute approximate surface area is 168 Å². The molecule has 4 aliphatic carbocycles. The van der Waals surface area contributed by atoms with Crippen LogP contribution in [0.1, 0.15) is 79.1 Å². The molecule has 0 aromatic heterocycles. The lowest BCUT2D eigenvalue weighted by Crippen LogP contribution is -2.61. The highest BCUT2D eigenvalue weighted by atomic mass is 16.5. The highest BCUT2D eigenvalue weighted by Crippen LogP contribution is 2.68. The van der Waals surface area contributed by atoms with Crippen molar-refractivity contribution in [3.8, 4) is 0 Å². The molecule has 0 aromatic carbocycles. The van der Waals surface area contributed by atoms with Crippen molar-refractivity contribution in [3.05, 3.63) is 0 Å². The van der Waals surface area contributed by atoms with Gasteiger partial charge in [-0.05, 0) is 87.4 Å². The maximum atomic E-state index is 11.4. The molecule has 0 spiro atoms. The van der Waals surface area contributed by atoms with Crippen LogP contribution in [0.3, 0.4) is 0 Å². The third-order valence-corrected chi connectivity index (χ3v) is 9.88. The van der Waals surface area contributed by atoms with Gasteiger partial charge in [0.25, 0.3) is 0 Å². The Hall–Kier alpha value is -0.650. The summed E-state index contributed by atoms with van der Waals surface area (Å²) in [6, 6.07) is 0. The van der Waals surface area contributed by atoms with Crippen LogP contribution in [0.5, 0.6) is 0 Å². The Morgan fingerprint density at radius 2 is 1.79 bits per heavy atom. The van der Waals surface area contributed by atoms with E-state index in [4.69, 9.17) is 4.74 Å². The largest absolute Gasteiger partial charge is 0.463 e. The molecule has 28 heavy (non-hydrogen) atoms. The molecular formula is C23H38O5. The third kappa shape index (κ3) is 2.65. The number of fused-ring (bicyclic) bond motifs is 5. The number of ether oxygens (including phenoxy) is 1. The van der Waals surface area contributed by atoms with Gasteiger partial charge in [-0.3, -0.25) is 4.79 Å². The van der Waals surface area contributed by atoms with Crippen LogP contribution < -0.4 is 0 Å². The molecule has 3 N–H and O–H groups in total. The molecule has 0 bridgehead atoms. The molecule has 4 rings (SSSR count). The van der Waals surface area contributed by atoms with E-state index in [1.165, 1.54) is 6.92 Å². The van der Waals surface area contributed by atoms with Crippen molar-refractivity contribution in [2.24, 2.45) is 34.5 Å². The molecule has 5 heteroatoms. The first-order valence-electron chi connectivity index (χ1n) is 11.3. The minimum atomic E-state index is -1.41. The summed E-state index contributed by atoms with van der Waals surface area (Å²) in [7, 11) is 0. The molecule has 0 aromatic rings. The second-order valence-electron chi connectivity index (χ2n) is 10.9. The van der Waals surface area contributed by atoms with Crippen molar-refractivity contribution in [3.63, 3.8) is 0 Å². The summed E-state index contributed by atoms with van der Waals surface area (Å²) in [5.74, 6) is 1.75. The van der Waals surface area contributed by atoms with Gasteiger partial charge in [0, 0.05) is 12.3 Å². The minimum Gasteiger partial charge on any atom is -0.463 e. The van der Waals surface area contributed by atoms with E-state index in [1.54, 1.807) is 6.92 Å². The number of aliphatic hydroxyl groups is 3. The first-order chi connectivity index (χ1) is 13.0. The van der Waals surface area contributed by atoms with Gasteiger partial charge in [0.05, 0.1) is 12.2 Å². The number of hydrogen-bond donors (Lipinski definition) is 3. The molecule has 0 radical (unpaired) electrons. The van der Waals surface area contributed by atoms with E-state index in [0.717, 1.165) is 44.9 Å². The molecule has 0 aliphatic heterocycles. The molecule has 4 aliphatic rings. The van der Waals surface area contributed by atoms with E-state index in [-0.39, 0.29) is 23.4 Å². The Morgan fingerprint density at radius 1 is 1.07 bits per heavy atom. The van der Waals surface area contributed by atoms with E-state index >= 15 is 0 Å². The van der Waals surface area contributed by atoms with Crippen LogP contribution in [-0.4, -0.2) is 45.2 Å². The van der Waals surface area contributed by atoms with Gasteiger partial charge >= 0.3 is 5.97 Å². The molecule has 10 atom stereocenters. The highest BCUT2D eigenvalue weighted by Gasteiger charge is 2.69. The van der Waals surface area contributed by atoms with Gasteiger partial charge in [-0.2, -0.15) is 0 Å². The van der Waals surface area contributed by atoms with Crippen molar-refractivity contribution >= 4 is 5.97 Å². The first kappa shape index (κ1) is 20.6. The SMILES string of the molecule is CC(=O)O[C@H]1CC[C@@]2(C)[C@@H](CC[C@@H]3[C@H]2CC[C@@]2(C)[C@@H]3C[C@@H](O)[C@]2(O)[C@@H](C)O)C1. The number of esters is 1. The average molecular weight is 395 g/mol. The van der Waals surface area contributed by atoms with Crippen molar-refractivity contribution in [2.75, 3.05) is 0 Å². The van der Waals surface area contributed by atoms with Crippen molar-refractivity contribution < 1.29 is 24.9 Å². The van der Waals surface area contributed by atoms with Crippen LogP contribution in [-0.2, 0) is 9.53 Å². The van der Waals surface area contributed by atoms with E-state index in [9.17, 15) is 20.1 Å². The molecular weight excluding hydrogens is 356 g/mol. The van der Waals surface area contributed by atoms with Crippen molar-refractivity contribution in [1.29, 1.82) is 0 Å². The molecule has 0 amide bonds. The van der Waals surface area contributed by atoms with Gasteiger partial charge in [0.15, 0.2) is 0 Å². The average Bonchev–Trinajstić information content (AvgIpc) is 2.83. The molecule has 160 valence electrons. The minimum absolute atomic E-state index is 0.0645. The lowest BCUT2D eigenvalue weighted by Gasteiger charge is -2.61. The molecule has 4 saturated carbocycles. The van der Waals surface area contributed by atoms with Gasteiger partial charge in [-0.15, -0.1) is 0 Å². The van der Waals surface area contributed by atoms with Gasteiger partial charge in [0.1, 0.15) is 11.7 Å². The van der Waals surface area contributed by atoms with E-state index < -0.39 is 23.2 Å². The summed E-state index contributed by atoms with van der Waals surface area (Å²) in [4.78, 5) is 11.4. The summed E-state index contributed by atoms with van der Waals surface area (Å²) in [5.41, 5.74) is -1.59. The Bertz CT molecular complexity index is 634. The molecule has 5 nitrogen and oxygen atoms in total. The van der Waals surface area contributed by atoms with Gasteiger partial charge < -0.3 is 20.1 Å². The predicted octanol–water partition coefficient (Wildman–Crippen LogP) is 3.04. The Balaban J connectivity index is 1.58. The molecule has 0 saturated heterocycles. The van der Waals surface area contributed by atoms with Crippen LogP contribution in [0.4, 0.5) is 0 Å². The van der Waals surface area contributed by atoms with E-state index in [2.05, 4.69) is 13.8 Å². The zero-order chi connectivity index (χ0) is 20.5. The maximum absolute atomic E-state index is 11.4. The lowest BCUT2D eigenvalue weighted by atomic mass is 9.44. The van der Waals surface area contributed by atoms with Crippen LogP contribution in [0, 0.1) is 34.5 Å². The fraction of sp³-hybridized carbons (Fsp3) is 0.957. The van der Waals surface area contributed by atoms with E-state index in [1.807, 2.05) is 0 Å². The summed E-state index contributed by atoms with van der Waals surface area (Å²) in [5, 5.41) is 32.5. The fourth-order valence-electron chi connectivity index (χ4n) is 8.37. The van der Waals surface area contributed by atoms with Crippen molar-refractivity contribution in [1.82, 2.24) is 0 Å². The second-order valence-corrected chi connectivity index (χ2v) is 10.9. The number of aliphatic hydroxyl groups excluding tert-OH is 2. The van der Waals surface area contributed by atoms with Crippen LogP contribution in [0.15, 0.2) is 0 Å². The third-order valence-electron chi connectivity index (χ3n) is 9.88. The zero-order valence-electron chi connectivity index (χ0n) is 17.9. The number of carbonyl (C=O) groups is 1. The number of carbonyl (C=O) groups excluding carboxylic acids is 1. The topological polar surface area (TPSA) is 87.0 Å². The summed E-state index contributed by atoms with van der Waals surface area (Å²) < 4.78 is 5.54. The lowest BCUT2D eigenvalue weighted by molar-refractivity contribution is -0.209. The van der Waals surface area contributed by atoms with E-state index in [0.29, 0.717) is 24.2 Å². The van der Waals surface area contributed by atoms with Gasteiger partial charge in [-0.1, -0.05) is 13.8 Å². The van der Waals surface area contributed by atoms with Gasteiger partial charge in [-0.25, -0.2) is 0 Å². The normalized spacial score (nSPS) is 54.2. The smallest absolute Gasteiger partial charge is 0.302 e. The van der Waals surface area contributed by atoms with Crippen LogP contribution >= 0.6 is 0 Å². The first-order valence-corrected chi connectivity index (χ1v) is 11.3. The summed E-state index contributed by atoms with van der Waals surface area (Å²) >= 11 is 0. The van der Waals surface area contributed by atoms with Crippen LogP contribution in [0.25, 0.3) is 0 Å². The quantitative estimate of drug-likeness (QED) is 0.627. The fourth-order valence-corrected chi connectivity index (χ4v) is 8.37. The zero-order valence-corrected chi connectivity index (χ0v) is 17.9. The number of rotatable bonds is 2. The molecule has 0 heterocycles. The summed E-state index contributed by atoms with van der Waals surface area (Å²) in [6.45, 7) is 7.66. The van der Waals surface area contributed by atoms with Crippen LogP contribution in [0.2, 0.25) is 0 Å². The monoisotopic (exact) mass is 394 g/mol. The molecule has 4 fully saturated rings. The highest BCUT2D eigenvalue weighted by molar-refractivity contribution is 5.66. The standard InChI is InChI=1S/C23H38O5/c1-13(24)23(27)20(26)12-19-17-6-5-15-11-16(28-14(2)25)7-9-21(15,3)18(17)8-10-22(19,23)4/h13,15-20,24,26-27H,5-12H2,1-4H3/t13-,15+,16+,17-,18-,19-,20-,21+,22+,23-/m1/s1. The van der Waals surface area contributed by atoms with Gasteiger partial charge in [0.2, 0.25) is 0 Å².